The van der Waals surface area contributed by atoms with Crippen LogP contribution in [0.25, 0.3) is 0 Å². The Hall–Kier alpha value is -2.18. The van der Waals surface area contributed by atoms with Crippen molar-refractivity contribution in [3.05, 3.63) is 27.9 Å². The minimum absolute atomic E-state index is 0.0259. The van der Waals surface area contributed by atoms with Crippen LogP contribution < -0.4 is 5.56 Å². The van der Waals surface area contributed by atoms with Gasteiger partial charge in [0.2, 0.25) is 11.8 Å². The first kappa shape index (κ1) is 16.3. The number of hydrogen-bond donors (Lipinski definition) is 0. The molecular weight excluding hydrogens is 320 g/mol. The largest absolute Gasteiger partial charge is 0.340 e. The molecule has 0 N–H and O–H groups in total. The van der Waals surface area contributed by atoms with Crippen LogP contribution in [0.5, 0.6) is 0 Å². The van der Waals surface area contributed by atoms with Crippen molar-refractivity contribution in [3.63, 3.8) is 0 Å². The van der Waals surface area contributed by atoms with Crippen LogP contribution in [0.2, 0.25) is 0 Å². The van der Waals surface area contributed by atoms with Gasteiger partial charge in [-0.05, 0) is 25.7 Å². The number of rotatable bonds is 3. The minimum atomic E-state index is -0.172. The summed E-state index contributed by atoms with van der Waals surface area (Å²) in [7, 11) is 0. The molecule has 4 rings (SSSR count). The lowest BCUT2D eigenvalue weighted by Crippen LogP contribution is -2.45. The Bertz CT molecular complexity index is 757. The quantitative estimate of drug-likeness (QED) is 0.801. The van der Waals surface area contributed by atoms with E-state index in [1.165, 1.54) is 0 Å². The van der Waals surface area contributed by atoms with Crippen LogP contribution in [0.4, 0.5) is 0 Å². The molecule has 0 bridgehead atoms. The Morgan fingerprint density at radius 2 is 1.96 bits per heavy atom. The summed E-state index contributed by atoms with van der Waals surface area (Å²) >= 11 is 0. The van der Waals surface area contributed by atoms with Crippen molar-refractivity contribution in [2.24, 2.45) is 0 Å². The molecule has 2 fully saturated rings. The van der Waals surface area contributed by atoms with E-state index in [0.717, 1.165) is 56.7 Å². The summed E-state index contributed by atoms with van der Waals surface area (Å²) < 4.78 is 2.17. The summed E-state index contributed by atoms with van der Waals surface area (Å²) in [4.78, 5) is 44.0. The third-order valence-corrected chi connectivity index (χ3v) is 5.61. The van der Waals surface area contributed by atoms with Gasteiger partial charge in [-0.1, -0.05) is 0 Å². The third-order valence-electron chi connectivity index (χ3n) is 5.61. The number of amides is 2. The van der Waals surface area contributed by atoms with Crippen molar-refractivity contribution in [1.82, 2.24) is 19.4 Å². The van der Waals surface area contributed by atoms with Gasteiger partial charge < -0.3 is 14.4 Å². The van der Waals surface area contributed by atoms with Gasteiger partial charge in [-0.25, -0.2) is 0 Å². The first-order valence-electron chi connectivity index (χ1n) is 9.28. The van der Waals surface area contributed by atoms with Crippen molar-refractivity contribution in [1.29, 1.82) is 0 Å². The number of nitrogens with zero attached hydrogens (tertiary/aromatic N) is 4. The second-order valence-corrected chi connectivity index (χ2v) is 7.29. The van der Waals surface area contributed by atoms with Crippen LogP contribution in [-0.2, 0) is 22.6 Å². The van der Waals surface area contributed by atoms with Gasteiger partial charge in [-0.2, -0.15) is 4.98 Å². The van der Waals surface area contributed by atoms with E-state index in [-0.39, 0.29) is 29.8 Å². The van der Waals surface area contributed by atoms with E-state index >= 15 is 0 Å². The predicted octanol–water partition coefficient (Wildman–Crippen LogP) is 0.518. The van der Waals surface area contributed by atoms with Crippen molar-refractivity contribution in [3.8, 4) is 0 Å². The zero-order valence-electron chi connectivity index (χ0n) is 14.4. The molecule has 7 nitrogen and oxygen atoms in total. The number of aromatic nitrogens is 2. The van der Waals surface area contributed by atoms with Crippen molar-refractivity contribution >= 4 is 11.8 Å². The molecule has 0 radical (unpaired) electrons. The zero-order valence-corrected chi connectivity index (χ0v) is 14.4. The van der Waals surface area contributed by atoms with Crippen molar-refractivity contribution < 1.29 is 9.59 Å². The lowest BCUT2D eigenvalue weighted by atomic mass is 9.94. The topological polar surface area (TPSA) is 75.5 Å². The minimum Gasteiger partial charge on any atom is -0.340 e. The highest BCUT2D eigenvalue weighted by molar-refractivity contribution is 5.86. The van der Waals surface area contributed by atoms with Crippen LogP contribution in [0, 0.1) is 0 Å². The van der Waals surface area contributed by atoms with Gasteiger partial charge in [0, 0.05) is 56.7 Å². The first-order valence-corrected chi connectivity index (χ1v) is 9.28. The lowest BCUT2D eigenvalue weighted by molar-refractivity contribution is -0.139. The molecule has 134 valence electrons. The lowest BCUT2D eigenvalue weighted by Gasteiger charge is -2.34. The van der Waals surface area contributed by atoms with Gasteiger partial charge >= 0.3 is 0 Å². The molecule has 1 atom stereocenters. The molecule has 0 spiro atoms. The second kappa shape index (κ2) is 6.61. The number of carbonyl (C=O) groups excluding carboxylic acids is 2. The summed E-state index contributed by atoms with van der Waals surface area (Å²) in [6, 6.07) is 1.65. The maximum atomic E-state index is 12.6. The molecule has 0 aliphatic carbocycles. The van der Waals surface area contributed by atoms with Gasteiger partial charge in [0.25, 0.3) is 5.56 Å². The van der Waals surface area contributed by atoms with E-state index in [2.05, 4.69) is 9.55 Å². The van der Waals surface area contributed by atoms with Gasteiger partial charge in [0.05, 0.1) is 6.54 Å². The Balaban J connectivity index is 1.49. The smallest absolute Gasteiger partial charge is 0.273 e. The average Bonchev–Trinajstić information content (AvgIpc) is 3.23. The second-order valence-electron chi connectivity index (χ2n) is 7.29. The van der Waals surface area contributed by atoms with Gasteiger partial charge in [0.1, 0.15) is 5.82 Å². The predicted molar refractivity (Wildman–Crippen MR) is 91.2 cm³/mol. The third kappa shape index (κ3) is 3.19. The van der Waals surface area contributed by atoms with Crippen LogP contribution >= 0.6 is 0 Å². The normalized spacial score (nSPS) is 23.2. The molecule has 3 aliphatic rings. The van der Waals surface area contributed by atoms with E-state index < -0.39 is 0 Å². The number of hydrogen-bond acceptors (Lipinski definition) is 4. The molecule has 1 aromatic rings. The standard InChI is InChI=1S/C18H24N4O3/c23-16-10-14(22-9-2-5-15(22)19-16)13-4-1-7-20(11-13)18(25)12-21-8-3-6-17(21)24/h10,13H,1-9,11-12H2/t13-/m0/s1. The Morgan fingerprint density at radius 3 is 2.76 bits per heavy atom. The number of fused-ring (bicyclic) bond motifs is 1. The van der Waals surface area contributed by atoms with Crippen LogP contribution in [-0.4, -0.2) is 57.3 Å². The molecule has 3 aliphatic heterocycles. The van der Waals surface area contributed by atoms with Gasteiger partial charge in [-0.3, -0.25) is 14.4 Å². The molecule has 2 saturated heterocycles. The maximum Gasteiger partial charge on any atom is 0.273 e. The molecule has 4 heterocycles. The highest BCUT2D eigenvalue weighted by atomic mass is 16.2. The summed E-state index contributed by atoms with van der Waals surface area (Å²) in [6.07, 6.45) is 5.19. The SMILES string of the molecule is O=C1CCCN1CC(=O)N1CCC[C@H](c2cc(=O)nc3n2CCC3)C1. The number of carbonyl (C=O) groups is 2. The molecule has 7 heteroatoms. The average molecular weight is 344 g/mol. The Labute approximate surface area is 146 Å². The fourth-order valence-corrected chi connectivity index (χ4v) is 4.34. The fraction of sp³-hybridized carbons (Fsp3) is 0.667. The van der Waals surface area contributed by atoms with E-state index in [9.17, 15) is 14.4 Å². The molecule has 1 aromatic heterocycles. The van der Waals surface area contributed by atoms with E-state index in [4.69, 9.17) is 0 Å². The highest BCUT2D eigenvalue weighted by Gasteiger charge is 2.30. The van der Waals surface area contributed by atoms with Crippen molar-refractivity contribution in [2.45, 2.75) is 51.0 Å². The molecule has 2 amide bonds. The summed E-state index contributed by atoms with van der Waals surface area (Å²) in [5.74, 6) is 1.17. The van der Waals surface area contributed by atoms with Gasteiger partial charge in [0.15, 0.2) is 0 Å². The van der Waals surface area contributed by atoms with E-state index in [1.54, 1.807) is 11.0 Å². The Morgan fingerprint density at radius 1 is 1.12 bits per heavy atom. The Kier molecular flexibility index (Phi) is 4.31. The number of piperidine rings is 1. The number of likely N-dealkylation sites (tertiary alicyclic amines) is 2. The van der Waals surface area contributed by atoms with E-state index in [1.807, 2.05) is 4.90 Å². The van der Waals surface area contributed by atoms with Crippen molar-refractivity contribution in [2.75, 3.05) is 26.2 Å². The zero-order chi connectivity index (χ0) is 17.4. The molecule has 0 unspecified atom stereocenters. The van der Waals surface area contributed by atoms with Crippen LogP contribution in [0.3, 0.4) is 0 Å². The fourth-order valence-electron chi connectivity index (χ4n) is 4.34. The van der Waals surface area contributed by atoms with Crippen LogP contribution in [0.1, 0.15) is 49.5 Å². The summed E-state index contributed by atoms with van der Waals surface area (Å²) in [5, 5.41) is 0. The van der Waals surface area contributed by atoms with Gasteiger partial charge in [-0.15, -0.1) is 0 Å². The highest BCUT2D eigenvalue weighted by Crippen LogP contribution is 2.28. The molecule has 0 aromatic carbocycles. The molecule has 0 saturated carbocycles. The summed E-state index contributed by atoms with van der Waals surface area (Å²) in [6.45, 7) is 3.16. The first-order chi connectivity index (χ1) is 12.1. The maximum absolute atomic E-state index is 12.6. The summed E-state index contributed by atoms with van der Waals surface area (Å²) in [5.41, 5.74) is 0.858. The number of aryl methyl sites for hydroxylation is 1. The monoisotopic (exact) mass is 344 g/mol. The van der Waals surface area contributed by atoms with Crippen LogP contribution in [0.15, 0.2) is 10.9 Å². The molecular formula is C18H24N4O3. The molecule has 25 heavy (non-hydrogen) atoms. The van der Waals surface area contributed by atoms with E-state index in [0.29, 0.717) is 19.5 Å².